The van der Waals surface area contributed by atoms with Gasteiger partial charge in [0, 0.05) is 11.8 Å². The van der Waals surface area contributed by atoms with Crippen LogP contribution in [0.5, 0.6) is 17.2 Å². The molecule has 23 heavy (non-hydrogen) atoms. The first-order valence-corrected chi connectivity index (χ1v) is 6.78. The third-order valence-electron chi connectivity index (χ3n) is 3.18. The van der Waals surface area contributed by atoms with Crippen LogP contribution in [0.3, 0.4) is 0 Å². The number of hydrogen-bond acceptors (Lipinski definition) is 4. The van der Waals surface area contributed by atoms with Gasteiger partial charge in [0.25, 0.3) is 0 Å². The fourth-order valence-corrected chi connectivity index (χ4v) is 2.20. The fourth-order valence-electron chi connectivity index (χ4n) is 2.20. The lowest BCUT2D eigenvalue weighted by Crippen LogP contribution is -2.25. The molecule has 1 N–H and O–H groups in total. The molecule has 0 spiro atoms. The first-order valence-electron chi connectivity index (χ1n) is 6.78. The van der Waals surface area contributed by atoms with E-state index in [-0.39, 0.29) is 23.8 Å². The molecule has 1 heterocycles. The molecule has 0 fully saturated rings. The zero-order chi connectivity index (χ0) is 16.4. The highest BCUT2D eigenvalue weighted by molar-refractivity contribution is 5.92. The first-order chi connectivity index (χ1) is 10.9. The normalized spacial score (nSPS) is 14.4. The molecule has 1 aliphatic heterocycles. The summed E-state index contributed by atoms with van der Waals surface area (Å²) in [6.45, 7) is 0. The molecular formula is C16H13F2NO4. The fraction of sp³-hybridized carbons (Fsp3) is 0.188. The molecule has 7 heteroatoms. The van der Waals surface area contributed by atoms with Crippen molar-refractivity contribution in [2.45, 2.75) is 12.7 Å². The van der Waals surface area contributed by atoms with Gasteiger partial charge in [-0.05, 0) is 29.8 Å². The molecule has 2 aromatic rings. The zero-order valence-corrected chi connectivity index (χ0v) is 12.1. The van der Waals surface area contributed by atoms with E-state index in [1.54, 1.807) is 31.4 Å². The predicted molar refractivity (Wildman–Crippen MR) is 78.0 cm³/mol. The van der Waals surface area contributed by atoms with Crippen LogP contribution in [0.15, 0.2) is 42.5 Å². The number of halogens is 2. The number of hydrogen-bond donors (Lipinski definition) is 1. The summed E-state index contributed by atoms with van der Waals surface area (Å²) in [5.41, 5.74) is 1.12. The number of rotatable bonds is 4. The number of carbonyl (C=O) groups excluding carboxylic acids is 1. The van der Waals surface area contributed by atoms with Gasteiger partial charge in [0.1, 0.15) is 5.75 Å². The highest BCUT2D eigenvalue weighted by atomic mass is 19.3. The predicted octanol–water partition coefficient (Wildman–Crippen LogP) is 3.20. The third kappa shape index (κ3) is 3.50. The van der Waals surface area contributed by atoms with E-state index in [1.807, 2.05) is 0 Å². The van der Waals surface area contributed by atoms with Crippen molar-refractivity contribution < 1.29 is 27.8 Å². The number of benzene rings is 2. The average Bonchev–Trinajstić information content (AvgIpc) is 2.80. The van der Waals surface area contributed by atoms with Crippen LogP contribution >= 0.6 is 0 Å². The molecule has 0 radical (unpaired) electrons. The second-order valence-electron chi connectivity index (χ2n) is 4.91. The molecule has 0 saturated heterocycles. The van der Waals surface area contributed by atoms with E-state index in [9.17, 15) is 13.6 Å². The number of methoxy groups -OCH3 is 1. The van der Waals surface area contributed by atoms with Gasteiger partial charge in [-0.25, -0.2) is 0 Å². The highest BCUT2D eigenvalue weighted by Gasteiger charge is 2.43. The molecule has 0 saturated carbocycles. The van der Waals surface area contributed by atoms with Crippen LogP contribution in [0.25, 0.3) is 0 Å². The molecule has 0 aliphatic carbocycles. The molecule has 0 aromatic heterocycles. The Morgan fingerprint density at radius 3 is 2.74 bits per heavy atom. The number of alkyl halides is 2. The minimum Gasteiger partial charge on any atom is -0.497 e. The lowest BCUT2D eigenvalue weighted by atomic mass is 10.1. The molecule has 0 unspecified atom stereocenters. The summed E-state index contributed by atoms with van der Waals surface area (Å²) in [6.07, 6.45) is -3.55. The number of nitrogens with one attached hydrogen (secondary N) is 1. The van der Waals surface area contributed by atoms with Crippen LogP contribution in [0.2, 0.25) is 0 Å². The number of anilines is 1. The number of amides is 1. The maximum atomic E-state index is 12.9. The Morgan fingerprint density at radius 1 is 1.17 bits per heavy atom. The number of carbonyl (C=O) groups is 1. The van der Waals surface area contributed by atoms with Crippen LogP contribution in [-0.4, -0.2) is 19.3 Å². The number of fused-ring (bicyclic) bond motifs is 1. The Labute approximate surface area is 130 Å². The zero-order valence-electron chi connectivity index (χ0n) is 12.1. The van der Waals surface area contributed by atoms with Gasteiger partial charge in [0.15, 0.2) is 11.5 Å². The van der Waals surface area contributed by atoms with Crippen molar-refractivity contribution in [2.24, 2.45) is 0 Å². The lowest BCUT2D eigenvalue weighted by molar-refractivity contribution is -0.286. The van der Waals surface area contributed by atoms with Gasteiger partial charge in [0.2, 0.25) is 5.91 Å². The van der Waals surface area contributed by atoms with Crippen LogP contribution < -0.4 is 19.5 Å². The summed E-state index contributed by atoms with van der Waals surface area (Å²) in [5.74, 6) is 0.180. The summed E-state index contributed by atoms with van der Waals surface area (Å²) in [7, 11) is 1.54. The van der Waals surface area contributed by atoms with E-state index in [1.165, 1.54) is 18.2 Å². The maximum Gasteiger partial charge on any atom is 0.586 e. The molecule has 1 aliphatic rings. The first kappa shape index (κ1) is 15.1. The van der Waals surface area contributed by atoms with Gasteiger partial charge >= 0.3 is 6.29 Å². The summed E-state index contributed by atoms with van der Waals surface area (Å²) in [5, 5.41) is 2.62. The Hall–Kier alpha value is -2.83. The van der Waals surface area contributed by atoms with Gasteiger partial charge in [-0.1, -0.05) is 12.1 Å². The van der Waals surface area contributed by atoms with Gasteiger partial charge < -0.3 is 19.5 Å². The molecule has 0 bridgehead atoms. The SMILES string of the molecule is COc1cccc(CC(=O)Nc2ccc3c(c2)OC(F)(F)O3)c1. The largest absolute Gasteiger partial charge is 0.586 e. The molecular weight excluding hydrogens is 308 g/mol. The molecule has 2 aromatic carbocycles. The van der Waals surface area contributed by atoms with E-state index in [0.717, 1.165) is 5.56 Å². The maximum absolute atomic E-state index is 12.9. The quantitative estimate of drug-likeness (QED) is 0.939. The summed E-state index contributed by atoms with van der Waals surface area (Å²) in [4.78, 5) is 12.0. The average molecular weight is 321 g/mol. The molecule has 120 valence electrons. The van der Waals surface area contributed by atoms with E-state index < -0.39 is 6.29 Å². The molecule has 0 atom stereocenters. The number of ether oxygens (including phenoxy) is 3. The van der Waals surface area contributed by atoms with Crippen molar-refractivity contribution in [2.75, 3.05) is 12.4 Å². The summed E-state index contributed by atoms with van der Waals surface area (Å²) in [6, 6.07) is 11.2. The minimum absolute atomic E-state index is 0.0687. The van der Waals surface area contributed by atoms with Gasteiger partial charge in [-0.2, -0.15) is 0 Å². The minimum atomic E-state index is -3.68. The lowest BCUT2D eigenvalue weighted by Gasteiger charge is -2.07. The van der Waals surface area contributed by atoms with Gasteiger partial charge in [-0.3, -0.25) is 4.79 Å². The smallest absolute Gasteiger partial charge is 0.497 e. The Bertz CT molecular complexity index is 749. The van der Waals surface area contributed by atoms with E-state index in [4.69, 9.17) is 4.74 Å². The highest BCUT2D eigenvalue weighted by Crippen LogP contribution is 2.42. The standard InChI is InChI=1S/C16H13F2NO4/c1-21-12-4-2-3-10(7-12)8-15(20)19-11-5-6-13-14(9-11)23-16(17,18)22-13/h2-7,9H,8H2,1H3,(H,19,20). The summed E-state index contributed by atoms with van der Waals surface area (Å²) < 4.78 is 39.6. The van der Waals surface area contributed by atoms with E-state index in [0.29, 0.717) is 11.4 Å². The monoisotopic (exact) mass is 321 g/mol. The van der Waals surface area contributed by atoms with Gasteiger partial charge in [-0.15, -0.1) is 8.78 Å². The Kier molecular flexibility index (Phi) is 3.77. The van der Waals surface area contributed by atoms with Crippen molar-refractivity contribution in [3.05, 3.63) is 48.0 Å². The van der Waals surface area contributed by atoms with Crippen molar-refractivity contribution in [1.82, 2.24) is 0 Å². The van der Waals surface area contributed by atoms with E-state index in [2.05, 4.69) is 14.8 Å². The van der Waals surface area contributed by atoms with E-state index >= 15 is 0 Å². The second kappa shape index (κ2) is 5.75. The second-order valence-corrected chi connectivity index (χ2v) is 4.91. The summed E-state index contributed by atoms with van der Waals surface area (Å²) >= 11 is 0. The topological polar surface area (TPSA) is 56.8 Å². The van der Waals surface area contributed by atoms with Crippen molar-refractivity contribution in [3.63, 3.8) is 0 Å². The van der Waals surface area contributed by atoms with Crippen LogP contribution in [0.1, 0.15) is 5.56 Å². The van der Waals surface area contributed by atoms with Crippen LogP contribution in [-0.2, 0) is 11.2 Å². The molecule has 3 rings (SSSR count). The molecule has 1 amide bonds. The van der Waals surface area contributed by atoms with Crippen LogP contribution in [0, 0.1) is 0 Å². The Morgan fingerprint density at radius 2 is 1.96 bits per heavy atom. The van der Waals surface area contributed by atoms with Gasteiger partial charge in [0.05, 0.1) is 13.5 Å². The molecule has 5 nitrogen and oxygen atoms in total. The van der Waals surface area contributed by atoms with Crippen molar-refractivity contribution in [3.8, 4) is 17.2 Å². The van der Waals surface area contributed by atoms with Crippen molar-refractivity contribution in [1.29, 1.82) is 0 Å². The van der Waals surface area contributed by atoms with Crippen molar-refractivity contribution >= 4 is 11.6 Å². The van der Waals surface area contributed by atoms with Crippen LogP contribution in [0.4, 0.5) is 14.5 Å². The Balaban J connectivity index is 1.67. The third-order valence-corrected chi connectivity index (χ3v) is 3.18.